The van der Waals surface area contributed by atoms with Crippen molar-refractivity contribution in [2.75, 3.05) is 11.9 Å². The standard InChI is InChI=1S/C6H7ClN4O/c7-6-9-2-1-5(11-6)10-3-4(8)12/h1-2H,3H2,(H2,8,12)(H,9,10,11). The summed E-state index contributed by atoms with van der Waals surface area (Å²) >= 11 is 5.48. The van der Waals surface area contributed by atoms with E-state index in [1.54, 1.807) is 6.07 Å². The Bertz CT molecular complexity index is 291. The Balaban J connectivity index is 2.57. The van der Waals surface area contributed by atoms with E-state index in [2.05, 4.69) is 15.3 Å². The van der Waals surface area contributed by atoms with Crippen LogP contribution in [-0.4, -0.2) is 22.4 Å². The molecule has 0 fully saturated rings. The Morgan fingerprint density at radius 2 is 2.50 bits per heavy atom. The Labute approximate surface area is 74.0 Å². The number of nitrogens with one attached hydrogen (secondary N) is 1. The number of nitrogens with zero attached hydrogens (tertiary/aromatic N) is 2. The van der Waals surface area contributed by atoms with Gasteiger partial charge in [-0.25, -0.2) is 9.97 Å². The summed E-state index contributed by atoms with van der Waals surface area (Å²) in [7, 11) is 0. The molecular weight excluding hydrogens is 180 g/mol. The van der Waals surface area contributed by atoms with Gasteiger partial charge in [0.1, 0.15) is 5.82 Å². The number of carbonyl (C=O) groups is 1. The summed E-state index contributed by atoms with van der Waals surface area (Å²) in [6.07, 6.45) is 1.48. The smallest absolute Gasteiger partial charge is 0.236 e. The van der Waals surface area contributed by atoms with Gasteiger partial charge < -0.3 is 11.1 Å². The second-order valence-electron chi connectivity index (χ2n) is 2.03. The van der Waals surface area contributed by atoms with Crippen molar-refractivity contribution in [1.29, 1.82) is 0 Å². The zero-order chi connectivity index (χ0) is 8.97. The predicted octanol–water partition coefficient (Wildman–Crippen LogP) is 0.0272. The number of nitrogens with two attached hydrogens (primary N) is 1. The van der Waals surface area contributed by atoms with Crippen molar-refractivity contribution >= 4 is 23.3 Å². The molecular formula is C6H7ClN4O. The highest BCUT2D eigenvalue weighted by Gasteiger charge is 1.96. The van der Waals surface area contributed by atoms with Gasteiger partial charge in [0.05, 0.1) is 6.54 Å². The summed E-state index contributed by atoms with van der Waals surface area (Å²) in [5.74, 6) is 0.0264. The van der Waals surface area contributed by atoms with Gasteiger partial charge in [0.15, 0.2) is 0 Å². The van der Waals surface area contributed by atoms with Crippen molar-refractivity contribution in [3.63, 3.8) is 0 Å². The third-order valence-corrected chi connectivity index (χ3v) is 1.25. The van der Waals surface area contributed by atoms with Crippen molar-refractivity contribution in [2.45, 2.75) is 0 Å². The van der Waals surface area contributed by atoms with Gasteiger partial charge in [-0.1, -0.05) is 0 Å². The lowest BCUT2D eigenvalue weighted by Gasteiger charge is -2.00. The summed E-state index contributed by atoms with van der Waals surface area (Å²) < 4.78 is 0. The lowest BCUT2D eigenvalue weighted by molar-refractivity contribution is -0.116. The Morgan fingerprint density at radius 1 is 1.75 bits per heavy atom. The van der Waals surface area contributed by atoms with Gasteiger partial charge in [0, 0.05) is 6.20 Å². The van der Waals surface area contributed by atoms with E-state index >= 15 is 0 Å². The summed E-state index contributed by atoms with van der Waals surface area (Å²) in [6, 6.07) is 1.59. The number of halogens is 1. The van der Waals surface area contributed by atoms with E-state index in [4.69, 9.17) is 17.3 Å². The van der Waals surface area contributed by atoms with Gasteiger partial charge in [-0.15, -0.1) is 0 Å². The zero-order valence-electron chi connectivity index (χ0n) is 6.12. The van der Waals surface area contributed by atoms with Crippen molar-refractivity contribution in [1.82, 2.24) is 9.97 Å². The molecule has 1 aromatic rings. The molecule has 0 unspecified atom stereocenters. The molecule has 0 aromatic carbocycles. The predicted molar refractivity (Wildman–Crippen MR) is 44.7 cm³/mol. The molecule has 0 saturated carbocycles. The Hall–Kier alpha value is -1.36. The minimum absolute atomic E-state index is 0.0351. The molecule has 0 aliphatic rings. The summed E-state index contributed by atoms with van der Waals surface area (Å²) in [5, 5.41) is 2.80. The van der Waals surface area contributed by atoms with E-state index in [0.717, 1.165) is 0 Å². The van der Waals surface area contributed by atoms with Crippen LogP contribution in [0.3, 0.4) is 0 Å². The molecule has 1 heterocycles. The molecule has 0 bridgehead atoms. The van der Waals surface area contributed by atoms with Crippen LogP contribution in [0.15, 0.2) is 12.3 Å². The molecule has 64 valence electrons. The molecule has 0 aliphatic carbocycles. The minimum Gasteiger partial charge on any atom is -0.368 e. The van der Waals surface area contributed by atoms with Gasteiger partial charge in [-0.05, 0) is 17.7 Å². The Kier molecular flexibility index (Phi) is 2.82. The molecule has 0 saturated heterocycles. The molecule has 1 aromatic heterocycles. The van der Waals surface area contributed by atoms with Crippen LogP contribution < -0.4 is 11.1 Å². The van der Waals surface area contributed by atoms with Crippen LogP contribution in [-0.2, 0) is 4.79 Å². The van der Waals surface area contributed by atoms with Crippen molar-refractivity contribution in [2.24, 2.45) is 5.73 Å². The van der Waals surface area contributed by atoms with Crippen molar-refractivity contribution < 1.29 is 4.79 Å². The van der Waals surface area contributed by atoms with E-state index in [-0.39, 0.29) is 11.8 Å². The lowest BCUT2D eigenvalue weighted by Crippen LogP contribution is -2.22. The van der Waals surface area contributed by atoms with Crippen LogP contribution in [0.1, 0.15) is 0 Å². The van der Waals surface area contributed by atoms with Gasteiger partial charge in [0.25, 0.3) is 0 Å². The molecule has 3 N–H and O–H groups in total. The normalized spacial score (nSPS) is 9.42. The highest BCUT2D eigenvalue weighted by molar-refractivity contribution is 6.28. The van der Waals surface area contributed by atoms with E-state index in [1.807, 2.05) is 0 Å². The molecule has 0 atom stereocenters. The Morgan fingerprint density at radius 3 is 3.08 bits per heavy atom. The molecule has 6 heteroatoms. The van der Waals surface area contributed by atoms with Gasteiger partial charge >= 0.3 is 0 Å². The van der Waals surface area contributed by atoms with Crippen LogP contribution in [0.25, 0.3) is 0 Å². The molecule has 0 radical (unpaired) electrons. The minimum atomic E-state index is -0.454. The summed E-state index contributed by atoms with van der Waals surface area (Å²) in [5.41, 5.74) is 4.90. The van der Waals surface area contributed by atoms with E-state index in [0.29, 0.717) is 5.82 Å². The van der Waals surface area contributed by atoms with Crippen LogP contribution in [0.2, 0.25) is 5.28 Å². The van der Waals surface area contributed by atoms with Crippen LogP contribution in [0.5, 0.6) is 0 Å². The SMILES string of the molecule is NC(=O)CNc1ccnc(Cl)n1. The molecule has 1 rings (SSSR count). The summed E-state index contributed by atoms with van der Waals surface area (Å²) in [4.78, 5) is 17.8. The topological polar surface area (TPSA) is 80.9 Å². The third-order valence-electron chi connectivity index (χ3n) is 1.07. The molecule has 0 aliphatic heterocycles. The van der Waals surface area contributed by atoms with E-state index in [1.165, 1.54) is 6.20 Å². The third kappa shape index (κ3) is 2.71. The number of anilines is 1. The summed E-state index contributed by atoms with van der Waals surface area (Å²) in [6.45, 7) is 0.0351. The number of aromatic nitrogens is 2. The highest BCUT2D eigenvalue weighted by Crippen LogP contribution is 2.04. The van der Waals surface area contributed by atoms with E-state index < -0.39 is 5.91 Å². The first-order valence-corrected chi connectivity index (χ1v) is 3.57. The van der Waals surface area contributed by atoms with Crippen LogP contribution in [0.4, 0.5) is 5.82 Å². The quantitative estimate of drug-likeness (QED) is 0.653. The number of rotatable bonds is 3. The fourth-order valence-electron chi connectivity index (χ4n) is 0.611. The van der Waals surface area contributed by atoms with Crippen LogP contribution in [0, 0.1) is 0 Å². The van der Waals surface area contributed by atoms with Crippen LogP contribution >= 0.6 is 11.6 Å². The highest BCUT2D eigenvalue weighted by atomic mass is 35.5. The zero-order valence-corrected chi connectivity index (χ0v) is 6.88. The lowest BCUT2D eigenvalue weighted by atomic mass is 10.5. The first kappa shape index (κ1) is 8.73. The first-order chi connectivity index (χ1) is 5.68. The average molecular weight is 187 g/mol. The fraction of sp³-hybridized carbons (Fsp3) is 0.167. The first-order valence-electron chi connectivity index (χ1n) is 3.19. The number of amides is 1. The van der Waals surface area contributed by atoms with Crippen molar-refractivity contribution in [3.05, 3.63) is 17.5 Å². The van der Waals surface area contributed by atoms with Gasteiger partial charge in [-0.3, -0.25) is 4.79 Å². The molecule has 5 nitrogen and oxygen atoms in total. The fourth-order valence-corrected chi connectivity index (χ4v) is 0.758. The second-order valence-corrected chi connectivity index (χ2v) is 2.37. The maximum absolute atomic E-state index is 10.3. The maximum atomic E-state index is 10.3. The number of hydrogen-bond acceptors (Lipinski definition) is 4. The second kappa shape index (κ2) is 3.87. The molecule has 1 amide bonds. The molecule has 0 spiro atoms. The number of hydrogen-bond donors (Lipinski definition) is 2. The number of primary amides is 1. The van der Waals surface area contributed by atoms with Crippen molar-refractivity contribution in [3.8, 4) is 0 Å². The maximum Gasteiger partial charge on any atom is 0.236 e. The largest absolute Gasteiger partial charge is 0.368 e. The van der Waals surface area contributed by atoms with Gasteiger partial charge in [-0.2, -0.15) is 0 Å². The average Bonchev–Trinajstić information content (AvgIpc) is 2.01. The van der Waals surface area contributed by atoms with E-state index in [9.17, 15) is 4.79 Å². The van der Waals surface area contributed by atoms with Gasteiger partial charge in [0.2, 0.25) is 11.2 Å². The molecule has 12 heavy (non-hydrogen) atoms. The monoisotopic (exact) mass is 186 g/mol. The number of carbonyl (C=O) groups excluding carboxylic acids is 1.